The monoisotopic (exact) mass is 329 g/mol. The van der Waals surface area contributed by atoms with Crippen molar-refractivity contribution >= 4 is 17.5 Å². The van der Waals surface area contributed by atoms with Crippen molar-refractivity contribution in [3.63, 3.8) is 0 Å². The lowest BCUT2D eigenvalue weighted by Gasteiger charge is -2.11. The van der Waals surface area contributed by atoms with E-state index in [1.807, 2.05) is 37.3 Å². The molecule has 1 aromatic heterocycles. The number of nitrogens with zero attached hydrogens (tertiary/aromatic N) is 3. The first-order chi connectivity index (χ1) is 12.1. The molecule has 3 rings (SSSR count). The Kier molecular flexibility index (Phi) is 4.91. The molecule has 5 nitrogen and oxygen atoms in total. The van der Waals surface area contributed by atoms with Crippen molar-refractivity contribution in [1.82, 2.24) is 9.97 Å². The summed E-state index contributed by atoms with van der Waals surface area (Å²) in [5.41, 5.74) is 4.55. The molecule has 0 unspecified atom stereocenters. The second-order valence-electron chi connectivity index (χ2n) is 5.84. The van der Waals surface area contributed by atoms with E-state index < -0.39 is 0 Å². The van der Waals surface area contributed by atoms with Gasteiger partial charge < -0.3 is 10.6 Å². The first kappa shape index (κ1) is 16.5. The van der Waals surface area contributed by atoms with Gasteiger partial charge in [0.1, 0.15) is 11.9 Å². The standard InChI is InChI=1S/C20H19N5/c1-14-6-5-7-16(10-14)13-22-20-23-15(2)11-19(25-20)24-18-9-4-3-8-17(18)12-21/h3-11H,13H2,1-2H3,(H2,22,23,24,25). The van der Waals surface area contributed by atoms with E-state index in [9.17, 15) is 5.26 Å². The van der Waals surface area contributed by atoms with Crippen LogP contribution in [0.1, 0.15) is 22.4 Å². The summed E-state index contributed by atoms with van der Waals surface area (Å²) < 4.78 is 0. The number of hydrogen-bond donors (Lipinski definition) is 2. The van der Waals surface area contributed by atoms with Gasteiger partial charge in [0, 0.05) is 18.3 Å². The Hall–Kier alpha value is -3.39. The molecule has 0 saturated carbocycles. The summed E-state index contributed by atoms with van der Waals surface area (Å²) >= 11 is 0. The van der Waals surface area contributed by atoms with Gasteiger partial charge in [0.25, 0.3) is 0 Å². The molecule has 0 aliphatic rings. The van der Waals surface area contributed by atoms with E-state index in [1.165, 1.54) is 11.1 Å². The minimum atomic E-state index is 0.554. The van der Waals surface area contributed by atoms with Crippen molar-refractivity contribution in [3.05, 3.63) is 77.0 Å². The molecule has 0 bridgehead atoms. The average molecular weight is 329 g/mol. The molecule has 5 heteroatoms. The topological polar surface area (TPSA) is 73.6 Å². The average Bonchev–Trinajstić information content (AvgIpc) is 2.60. The molecule has 0 amide bonds. The van der Waals surface area contributed by atoms with Crippen LogP contribution in [0.5, 0.6) is 0 Å². The number of hydrogen-bond acceptors (Lipinski definition) is 5. The Morgan fingerprint density at radius 3 is 2.64 bits per heavy atom. The van der Waals surface area contributed by atoms with E-state index in [2.05, 4.69) is 51.8 Å². The van der Waals surface area contributed by atoms with Crippen LogP contribution in [0.2, 0.25) is 0 Å². The van der Waals surface area contributed by atoms with Crippen LogP contribution in [0.15, 0.2) is 54.6 Å². The zero-order chi connectivity index (χ0) is 17.6. The molecule has 3 aromatic rings. The Labute approximate surface area is 147 Å². The van der Waals surface area contributed by atoms with Gasteiger partial charge in [0.05, 0.1) is 11.3 Å². The Bertz CT molecular complexity index is 927. The number of para-hydroxylation sites is 1. The number of nitriles is 1. The Morgan fingerprint density at radius 1 is 1.00 bits per heavy atom. The van der Waals surface area contributed by atoms with E-state index >= 15 is 0 Å². The lowest BCUT2D eigenvalue weighted by Crippen LogP contribution is -2.06. The highest BCUT2D eigenvalue weighted by Crippen LogP contribution is 2.20. The van der Waals surface area contributed by atoms with Crippen molar-refractivity contribution in [3.8, 4) is 6.07 Å². The number of nitrogens with one attached hydrogen (secondary N) is 2. The molecule has 2 N–H and O–H groups in total. The summed E-state index contributed by atoms with van der Waals surface area (Å²) in [5.74, 6) is 1.21. The molecule has 0 saturated heterocycles. The van der Waals surface area contributed by atoms with Crippen LogP contribution >= 0.6 is 0 Å². The van der Waals surface area contributed by atoms with Crippen molar-refractivity contribution in [2.45, 2.75) is 20.4 Å². The minimum Gasteiger partial charge on any atom is -0.350 e. The normalized spacial score (nSPS) is 10.1. The van der Waals surface area contributed by atoms with E-state index in [0.29, 0.717) is 23.9 Å². The highest BCUT2D eigenvalue weighted by atomic mass is 15.1. The van der Waals surface area contributed by atoms with Crippen molar-refractivity contribution in [2.24, 2.45) is 0 Å². The SMILES string of the molecule is Cc1cccc(CNc2nc(C)cc(Nc3ccccc3C#N)n2)c1. The van der Waals surface area contributed by atoms with Crippen LogP contribution < -0.4 is 10.6 Å². The fraction of sp³-hybridized carbons (Fsp3) is 0.150. The van der Waals surface area contributed by atoms with Crippen LogP contribution in [0.3, 0.4) is 0 Å². The lowest BCUT2D eigenvalue weighted by atomic mass is 10.1. The quantitative estimate of drug-likeness (QED) is 0.729. The lowest BCUT2D eigenvalue weighted by molar-refractivity contribution is 1.03. The summed E-state index contributed by atoms with van der Waals surface area (Å²) in [6, 6.07) is 19.7. The van der Waals surface area contributed by atoms with E-state index in [0.717, 1.165) is 11.4 Å². The first-order valence-corrected chi connectivity index (χ1v) is 8.05. The highest BCUT2D eigenvalue weighted by Gasteiger charge is 2.06. The fourth-order valence-electron chi connectivity index (χ4n) is 2.54. The molecule has 0 aliphatic heterocycles. The van der Waals surface area contributed by atoms with Crippen LogP contribution in [0.25, 0.3) is 0 Å². The van der Waals surface area contributed by atoms with Crippen LogP contribution in [-0.2, 0) is 6.54 Å². The van der Waals surface area contributed by atoms with Gasteiger partial charge in [-0.2, -0.15) is 10.2 Å². The van der Waals surface area contributed by atoms with E-state index in [1.54, 1.807) is 6.07 Å². The van der Waals surface area contributed by atoms with Gasteiger partial charge >= 0.3 is 0 Å². The van der Waals surface area contributed by atoms with Gasteiger partial charge in [0.2, 0.25) is 5.95 Å². The van der Waals surface area contributed by atoms with Gasteiger partial charge in [-0.05, 0) is 31.5 Å². The number of anilines is 3. The Morgan fingerprint density at radius 2 is 1.84 bits per heavy atom. The maximum Gasteiger partial charge on any atom is 0.225 e. The van der Waals surface area contributed by atoms with Gasteiger partial charge in [-0.25, -0.2) is 4.98 Å². The number of aromatic nitrogens is 2. The molecule has 0 atom stereocenters. The predicted octanol–water partition coefficient (Wildman–Crippen LogP) is 4.32. The third kappa shape index (κ3) is 4.33. The van der Waals surface area contributed by atoms with Crippen molar-refractivity contribution < 1.29 is 0 Å². The molecule has 0 aliphatic carbocycles. The largest absolute Gasteiger partial charge is 0.350 e. The van der Waals surface area contributed by atoms with Gasteiger partial charge in [-0.3, -0.25) is 0 Å². The Balaban J connectivity index is 1.77. The third-order valence-electron chi connectivity index (χ3n) is 3.70. The first-order valence-electron chi connectivity index (χ1n) is 8.05. The van der Waals surface area contributed by atoms with Crippen molar-refractivity contribution in [2.75, 3.05) is 10.6 Å². The molecule has 0 radical (unpaired) electrons. The van der Waals surface area contributed by atoms with Crippen molar-refractivity contribution in [1.29, 1.82) is 5.26 Å². The maximum atomic E-state index is 9.20. The third-order valence-corrected chi connectivity index (χ3v) is 3.70. The van der Waals surface area contributed by atoms with E-state index in [4.69, 9.17) is 0 Å². The summed E-state index contributed by atoms with van der Waals surface area (Å²) in [4.78, 5) is 8.93. The summed E-state index contributed by atoms with van der Waals surface area (Å²) in [6.07, 6.45) is 0. The molecule has 124 valence electrons. The molecule has 1 heterocycles. The fourth-order valence-corrected chi connectivity index (χ4v) is 2.54. The molecule has 0 fully saturated rings. The second-order valence-corrected chi connectivity index (χ2v) is 5.84. The van der Waals surface area contributed by atoms with Crippen LogP contribution in [0.4, 0.5) is 17.5 Å². The summed E-state index contributed by atoms with van der Waals surface area (Å²) in [7, 11) is 0. The molecule has 0 spiro atoms. The number of benzene rings is 2. The number of aryl methyl sites for hydroxylation is 2. The number of rotatable bonds is 5. The van der Waals surface area contributed by atoms with Gasteiger partial charge in [0.15, 0.2) is 0 Å². The molecule has 25 heavy (non-hydrogen) atoms. The predicted molar refractivity (Wildman–Crippen MR) is 99.7 cm³/mol. The maximum absolute atomic E-state index is 9.20. The molecule has 2 aromatic carbocycles. The van der Waals surface area contributed by atoms with Crippen LogP contribution in [0, 0.1) is 25.2 Å². The smallest absolute Gasteiger partial charge is 0.225 e. The summed E-state index contributed by atoms with van der Waals surface area (Å²) in [6.45, 7) is 4.64. The highest BCUT2D eigenvalue weighted by molar-refractivity contribution is 5.65. The zero-order valence-electron chi connectivity index (χ0n) is 14.2. The second kappa shape index (κ2) is 7.45. The zero-order valence-corrected chi connectivity index (χ0v) is 14.2. The molecular weight excluding hydrogens is 310 g/mol. The minimum absolute atomic E-state index is 0.554. The summed E-state index contributed by atoms with van der Waals surface area (Å²) in [5, 5.41) is 15.7. The molecular formula is C20H19N5. The van der Waals surface area contributed by atoms with Crippen LogP contribution in [-0.4, -0.2) is 9.97 Å². The van der Waals surface area contributed by atoms with Gasteiger partial charge in [-0.1, -0.05) is 42.0 Å². The van der Waals surface area contributed by atoms with Gasteiger partial charge in [-0.15, -0.1) is 0 Å². The van der Waals surface area contributed by atoms with E-state index in [-0.39, 0.29) is 0 Å².